The highest BCUT2D eigenvalue weighted by atomic mass is 16.3. The summed E-state index contributed by atoms with van der Waals surface area (Å²) in [5, 5.41) is 3.09. The standard InChI is InChI=1S/C24H24N4O3/c1-15-20(21-23(30)26-14-27-24(21)31-15)22(29)25-12-18-6-4-5-7-19(18)17-10-8-16(9-11-17)13-28(2)3/h4-11,14H,12-13H2,1-3H3,(H,25,29)(H,26,27,30). The molecule has 0 unspecified atom stereocenters. The van der Waals surface area contributed by atoms with Crippen LogP contribution in [0.2, 0.25) is 0 Å². The molecule has 0 saturated heterocycles. The summed E-state index contributed by atoms with van der Waals surface area (Å²) in [5.74, 6) is -0.00708. The Bertz CT molecular complexity index is 1290. The van der Waals surface area contributed by atoms with E-state index in [1.807, 2.05) is 38.4 Å². The molecule has 4 rings (SSSR count). The molecule has 7 nitrogen and oxygen atoms in total. The van der Waals surface area contributed by atoms with Crippen LogP contribution in [-0.2, 0) is 13.1 Å². The minimum Gasteiger partial charge on any atom is -0.442 e. The zero-order chi connectivity index (χ0) is 22.0. The highest BCUT2D eigenvalue weighted by Gasteiger charge is 2.21. The lowest BCUT2D eigenvalue weighted by Gasteiger charge is -2.13. The van der Waals surface area contributed by atoms with Crippen LogP contribution in [0, 0.1) is 6.92 Å². The maximum absolute atomic E-state index is 12.9. The third kappa shape index (κ3) is 4.27. The molecule has 0 aliphatic heterocycles. The van der Waals surface area contributed by atoms with Gasteiger partial charge in [-0.2, -0.15) is 0 Å². The normalized spacial score (nSPS) is 11.2. The minimum absolute atomic E-state index is 0.157. The third-order valence-electron chi connectivity index (χ3n) is 5.12. The highest BCUT2D eigenvalue weighted by Crippen LogP contribution is 2.25. The molecule has 1 amide bonds. The van der Waals surface area contributed by atoms with Gasteiger partial charge >= 0.3 is 0 Å². The van der Waals surface area contributed by atoms with Gasteiger partial charge < -0.3 is 19.6 Å². The van der Waals surface area contributed by atoms with Crippen LogP contribution in [0.1, 0.15) is 27.2 Å². The molecule has 4 aromatic rings. The Balaban J connectivity index is 1.57. The Labute approximate surface area is 179 Å². The van der Waals surface area contributed by atoms with Crippen LogP contribution in [0.15, 0.2) is 64.1 Å². The van der Waals surface area contributed by atoms with Gasteiger partial charge in [-0.3, -0.25) is 9.59 Å². The molecule has 2 heterocycles. The Morgan fingerprint density at radius 1 is 1.13 bits per heavy atom. The van der Waals surface area contributed by atoms with Gasteiger partial charge in [0.15, 0.2) is 0 Å². The molecule has 0 radical (unpaired) electrons. The van der Waals surface area contributed by atoms with Gasteiger partial charge in [0.2, 0.25) is 5.71 Å². The summed E-state index contributed by atoms with van der Waals surface area (Å²) in [7, 11) is 4.08. The van der Waals surface area contributed by atoms with E-state index in [0.29, 0.717) is 12.3 Å². The number of aryl methyl sites for hydroxylation is 1. The predicted octanol–water partition coefficient (Wildman–Crippen LogP) is 3.48. The lowest BCUT2D eigenvalue weighted by molar-refractivity contribution is 0.0951. The van der Waals surface area contributed by atoms with Crippen molar-refractivity contribution in [2.75, 3.05) is 14.1 Å². The molecule has 0 aliphatic rings. The third-order valence-corrected chi connectivity index (χ3v) is 5.12. The summed E-state index contributed by atoms with van der Waals surface area (Å²) >= 11 is 0. The lowest BCUT2D eigenvalue weighted by Crippen LogP contribution is -2.25. The molecule has 0 saturated carbocycles. The van der Waals surface area contributed by atoms with Crippen LogP contribution in [0.25, 0.3) is 22.2 Å². The Morgan fingerprint density at radius 3 is 2.61 bits per heavy atom. The van der Waals surface area contributed by atoms with Crippen molar-refractivity contribution in [3.63, 3.8) is 0 Å². The molecule has 7 heteroatoms. The zero-order valence-corrected chi connectivity index (χ0v) is 17.7. The number of hydrogen-bond donors (Lipinski definition) is 2. The van der Waals surface area contributed by atoms with Crippen LogP contribution >= 0.6 is 0 Å². The van der Waals surface area contributed by atoms with E-state index >= 15 is 0 Å². The van der Waals surface area contributed by atoms with Crippen molar-refractivity contribution in [1.29, 1.82) is 0 Å². The molecular weight excluding hydrogens is 392 g/mol. The van der Waals surface area contributed by atoms with E-state index in [0.717, 1.165) is 23.2 Å². The second-order valence-corrected chi connectivity index (χ2v) is 7.72. The number of furan rings is 1. The number of fused-ring (bicyclic) bond motifs is 1. The van der Waals surface area contributed by atoms with Gasteiger partial charge in [0, 0.05) is 13.1 Å². The van der Waals surface area contributed by atoms with Crippen molar-refractivity contribution >= 4 is 17.0 Å². The van der Waals surface area contributed by atoms with E-state index in [1.54, 1.807) is 6.92 Å². The van der Waals surface area contributed by atoms with Gasteiger partial charge in [-0.1, -0.05) is 48.5 Å². The van der Waals surface area contributed by atoms with Crippen LogP contribution in [0.4, 0.5) is 0 Å². The largest absolute Gasteiger partial charge is 0.442 e. The summed E-state index contributed by atoms with van der Waals surface area (Å²) in [4.78, 5) is 33.7. The number of rotatable bonds is 6. The number of carbonyl (C=O) groups is 1. The first-order valence-corrected chi connectivity index (χ1v) is 10.0. The number of nitrogens with zero attached hydrogens (tertiary/aromatic N) is 2. The van der Waals surface area contributed by atoms with Crippen LogP contribution in [-0.4, -0.2) is 34.9 Å². The molecular formula is C24H24N4O3. The number of carbonyl (C=O) groups excluding carboxylic acids is 1. The van der Waals surface area contributed by atoms with Crippen molar-refractivity contribution < 1.29 is 9.21 Å². The molecule has 2 N–H and O–H groups in total. The highest BCUT2D eigenvalue weighted by molar-refractivity contribution is 6.06. The van der Waals surface area contributed by atoms with Crippen molar-refractivity contribution in [2.24, 2.45) is 0 Å². The Morgan fingerprint density at radius 2 is 1.87 bits per heavy atom. The number of amides is 1. The van der Waals surface area contributed by atoms with E-state index in [2.05, 4.69) is 44.5 Å². The zero-order valence-electron chi connectivity index (χ0n) is 17.7. The van der Waals surface area contributed by atoms with Gasteiger partial charge in [-0.25, -0.2) is 4.98 Å². The van der Waals surface area contributed by atoms with E-state index in [4.69, 9.17) is 4.42 Å². The van der Waals surface area contributed by atoms with Crippen LogP contribution < -0.4 is 10.9 Å². The number of nitrogens with one attached hydrogen (secondary N) is 2. The fraction of sp³-hybridized carbons (Fsp3) is 0.208. The average Bonchev–Trinajstić information content (AvgIpc) is 3.10. The fourth-order valence-corrected chi connectivity index (χ4v) is 3.70. The Hall–Kier alpha value is -3.71. The molecule has 0 bridgehead atoms. The molecule has 0 aliphatic carbocycles. The summed E-state index contributed by atoms with van der Waals surface area (Å²) in [6.45, 7) is 2.85. The van der Waals surface area contributed by atoms with Crippen molar-refractivity contribution in [1.82, 2.24) is 20.2 Å². The van der Waals surface area contributed by atoms with E-state index in [9.17, 15) is 9.59 Å². The van der Waals surface area contributed by atoms with Crippen molar-refractivity contribution in [2.45, 2.75) is 20.0 Å². The summed E-state index contributed by atoms with van der Waals surface area (Å²) < 4.78 is 5.49. The van der Waals surface area contributed by atoms with Gasteiger partial charge in [0.1, 0.15) is 11.1 Å². The molecule has 0 fully saturated rings. The first-order chi connectivity index (χ1) is 14.9. The Kier molecular flexibility index (Phi) is 5.68. The molecule has 0 atom stereocenters. The van der Waals surface area contributed by atoms with Gasteiger partial charge in [-0.15, -0.1) is 0 Å². The lowest BCUT2D eigenvalue weighted by atomic mass is 9.98. The first-order valence-electron chi connectivity index (χ1n) is 10.0. The second-order valence-electron chi connectivity index (χ2n) is 7.72. The molecule has 31 heavy (non-hydrogen) atoms. The topological polar surface area (TPSA) is 91.2 Å². The molecule has 2 aromatic heterocycles. The van der Waals surface area contributed by atoms with E-state index < -0.39 is 5.56 Å². The van der Waals surface area contributed by atoms with Gasteiger partial charge in [0.05, 0.1) is 11.9 Å². The smallest absolute Gasteiger partial charge is 0.262 e. The number of hydrogen-bond acceptors (Lipinski definition) is 5. The van der Waals surface area contributed by atoms with Gasteiger partial charge in [-0.05, 0) is 43.3 Å². The monoisotopic (exact) mass is 416 g/mol. The van der Waals surface area contributed by atoms with E-state index in [1.165, 1.54) is 11.9 Å². The molecule has 0 spiro atoms. The number of benzene rings is 2. The second kappa shape index (κ2) is 8.57. The SMILES string of the molecule is Cc1oc2nc[nH]c(=O)c2c1C(=O)NCc1ccccc1-c1ccc(CN(C)C)cc1. The first kappa shape index (κ1) is 20.6. The summed E-state index contributed by atoms with van der Waals surface area (Å²) in [5.41, 5.74) is 4.32. The minimum atomic E-state index is -0.398. The summed E-state index contributed by atoms with van der Waals surface area (Å²) in [6, 6.07) is 16.4. The van der Waals surface area contributed by atoms with Gasteiger partial charge in [0.25, 0.3) is 11.5 Å². The van der Waals surface area contributed by atoms with Crippen molar-refractivity contribution in [3.8, 4) is 11.1 Å². The predicted molar refractivity (Wildman–Crippen MR) is 120 cm³/mol. The summed E-state index contributed by atoms with van der Waals surface area (Å²) in [6.07, 6.45) is 1.26. The fourth-order valence-electron chi connectivity index (χ4n) is 3.70. The van der Waals surface area contributed by atoms with Crippen molar-refractivity contribution in [3.05, 3.63) is 87.7 Å². The number of aromatic amines is 1. The number of H-pyrrole nitrogens is 1. The average molecular weight is 416 g/mol. The van der Waals surface area contributed by atoms with Crippen LogP contribution in [0.3, 0.4) is 0 Å². The maximum Gasteiger partial charge on any atom is 0.262 e. The molecule has 158 valence electrons. The van der Waals surface area contributed by atoms with E-state index in [-0.39, 0.29) is 22.6 Å². The maximum atomic E-state index is 12.9. The number of aromatic nitrogens is 2. The van der Waals surface area contributed by atoms with Crippen LogP contribution in [0.5, 0.6) is 0 Å². The quantitative estimate of drug-likeness (QED) is 0.502. The molecule has 2 aromatic carbocycles.